The summed E-state index contributed by atoms with van der Waals surface area (Å²) in [6, 6.07) is 13.8. The van der Waals surface area contributed by atoms with Crippen molar-refractivity contribution in [3.8, 4) is 5.69 Å². The lowest BCUT2D eigenvalue weighted by atomic mass is 9.87. The van der Waals surface area contributed by atoms with Crippen molar-refractivity contribution in [3.05, 3.63) is 59.9 Å². The van der Waals surface area contributed by atoms with Gasteiger partial charge in [-0.2, -0.15) is 0 Å². The van der Waals surface area contributed by atoms with Gasteiger partial charge in [-0.15, -0.1) is 5.10 Å². The molecule has 0 radical (unpaired) electrons. The van der Waals surface area contributed by atoms with Gasteiger partial charge in [0.25, 0.3) is 5.91 Å². The van der Waals surface area contributed by atoms with Crippen molar-refractivity contribution in [2.45, 2.75) is 45.4 Å². The number of carbonyl (C=O) groups is 1. The second-order valence-electron chi connectivity index (χ2n) is 8.79. The average molecular weight is 405 g/mol. The summed E-state index contributed by atoms with van der Waals surface area (Å²) in [7, 11) is 0. The Bertz CT molecular complexity index is 999. The SMILES string of the molecule is CC(C)(C)c1ccc(C(=O)Nc2cc(-n3cnnn3)ccc2N2CCCCC2)cc1. The van der Waals surface area contributed by atoms with Crippen LogP contribution in [0.5, 0.6) is 0 Å². The molecule has 1 fully saturated rings. The number of hydrogen-bond donors (Lipinski definition) is 1. The molecule has 156 valence electrons. The number of nitrogens with zero attached hydrogens (tertiary/aromatic N) is 5. The van der Waals surface area contributed by atoms with E-state index in [4.69, 9.17) is 0 Å². The number of aromatic nitrogens is 4. The van der Waals surface area contributed by atoms with Crippen LogP contribution in [-0.4, -0.2) is 39.2 Å². The lowest BCUT2D eigenvalue weighted by molar-refractivity contribution is 0.102. The molecule has 0 unspecified atom stereocenters. The number of hydrogen-bond acceptors (Lipinski definition) is 5. The molecule has 1 saturated heterocycles. The number of piperidine rings is 1. The Morgan fingerprint density at radius 2 is 1.73 bits per heavy atom. The molecule has 1 amide bonds. The summed E-state index contributed by atoms with van der Waals surface area (Å²) >= 11 is 0. The van der Waals surface area contributed by atoms with E-state index >= 15 is 0 Å². The maximum absolute atomic E-state index is 13.0. The molecule has 1 N–H and O–H groups in total. The smallest absolute Gasteiger partial charge is 0.255 e. The summed E-state index contributed by atoms with van der Waals surface area (Å²) in [5, 5.41) is 14.5. The van der Waals surface area contributed by atoms with Crippen molar-refractivity contribution in [1.82, 2.24) is 20.2 Å². The van der Waals surface area contributed by atoms with Gasteiger partial charge >= 0.3 is 0 Å². The van der Waals surface area contributed by atoms with E-state index in [0.717, 1.165) is 43.0 Å². The average Bonchev–Trinajstić information content (AvgIpc) is 3.29. The minimum Gasteiger partial charge on any atom is -0.370 e. The van der Waals surface area contributed by atoms with Crippen LogP contribution in [-0.2, 0) is 5.41 Å². The number of tetrazole rings is 1. The summed E-state index contributed by atoms with van der Waals surface area (Å²) in [4.78, 5) is 15.4. The third kappa shape index (κ3) is 4.35. The molecule has 0 aliphatic carbocycles. The van der Waals surface area contributed by atoms with Crippen LogP contribution >= 0.6 is 0 Å². The maximum Gasteiger partial charge on any atom is 0.255 e. The molecule has 1 aliphatic rings. The van der Waals surface area contributed by atoms with Crippen molar-refractivity contribution in [1.29, 1.82) is 0 Å². The number of nitrogens with one attached hydrogen (secondary N) is 1. The Balaban J connectivity index is 1.63. The van der Waals surface area contributed by atoms with Crippen LogP contribution in [0.15, 0.2) is 48.8 Å². The summed E-state index contributed by atoms with van der Waals surface area (Å²) in [6.45, 7) is 8.48. The van der Waals surface area contributed by atoms with Crippen LogP contribution in [0.1, 0.15) is 56.0 Å². The van der Waals surface area contributed by atoms with Gasteiger partial charge in [0.1, 0.15) is 6.33 Å². The third-order valence-electron chi connectivity index (χ3n) is 5.55. The highest BCUT2D eigenvalue weighted by molar-refractivity contribution is 6.06. The number of amides is 1. The molecule has 0 saturated carbocycles. The summed E-state index contributed by atoms with van der Waals surface area (Å²) < 4.78 is 1.59. The highest BCUT2D eigenvalue weighted by Gasteiger charge is 2.19. The van der Waals surface area contributed by atoms with Gasteiger partial charge in [-0.05, 0) is 71.0 Å². The highest BCUT2D eigenvalue weighted by Crippen LogP contribution is 2.31. The first kappa shape index (κ1) is 20.1. The Hall–Kier alpha value is -3.22. The van der Waals surface area contributed by atoms with Gasteiger partial charge in [0.15, 0.2) is 0 Å². The quantitative estimate of drug-likeness (QED) is 0.705. The molecule has 7 heteroatoms. The largest absolute Gasteiger partial charge is 0.370 e. The maximum atomic E-state index is 13.0. The Morgan fingerprint density at radius 3 is 2.37 bits per heavy atom. The van der Waals surface area contributed by atoms with Crippen LogP contribution in [0.2, 0.25) is 0 Å². The number of rotatable bonds is 4. The predicted molar refractivity (Wildman–Crippen MR) is 118 cm³/mol. The fourth-order valence-electron chi connectivity index (χ4n) is 3.77. The second kappa shape index (κ2) is 8.26. The molecule has 2 heterocycles. The zero-order valence-corrected chi connectivity index (χ0v) is 17.8. The lowest BCUT2D eigenvalue weighted by Gasteiger charge is -2.30. The summed E-state index contributed by atoms with van der Waals surface area (Å²) in [5.41, 5.74) is 4.51. The normalized spacial score (nSPS) is 14.6. The molecule has 1 aliphatic heterocycles. The van der Waals surface area contributed by atoms with Gasteiger partial charge in [0, 0.05) is 18.7 Å². The fourth-order valence-corrected chi connectivity index (χ4v) is 3.77. The van der Waals surface area contributed by atoms with Crippen molar-refractivity contribution < 1.29 is 4.79 Å². The van der Waals surface area contributed by atoms with Gasteiger partial charge in [0.2, 0.25) is 0 Å². The van der Waals surface area contributed by atoms with Crippen LogP contribution in [0.3, 0.4) is 0 Å². The van der Waals surface area contributed by atoms with E-state index in [1.165, 1.54) is 12.0 Å². The van der Waals surface area contributed by atoms with Crippen molar-refractivity contribution in [3.63, 3.8) is 0 Å². The molecule has 4 rings (SSSR count). The highest BCUT2D eigenvalue weighted by atomic mass is 16.1. The Labute approximate surface area is 177 Å². The molecular weight excluding hydrogens is 376 g/mol. The van der Waals surface area contributed by atoms with Gasteiger partial charge in [0.05, 0.1) is 17.1 Å². The molecule has 0 atom stereocenters. The van der Waals surface area contributed by atoms with Crippen LogP contribution in [0, 0.1) is 0 Å². The van der Waals surface area contributed by atoms with Gasteiger partial charge in [-0.25, -0.2) is 4.68 Å². The first-order valence-corrected chi connectivity index (χ1v) is 10.5. The van der Waals surface area contributed by atoms with Crippen molar-refractivity contribution >= 4 is 17.3 Å². The van der Waals surface area contributed by atoms with Gasteiger partial charge in [-0.1, -0.05) is 32.9 Å². The van der Waals surface area contributed by atoms with E-state index in [9.17, 15) is 4.79 Å². The Morgan fingerprint density at radius 1 is 1.00 bits per heavy atom. The molecule has 7 nitrogen and oxygen atoms in total. The van der Waals surface area contributed by atoms with E-state index in [1.54, 1.807) is 11.0 Å². The molecular formula is C23H28N6O. The standard InChI is InChI=1S/C23H28N6O/c1-23(2,3)18-9-7-17(8-10-18)22(30)25-20-15-19(29-16-24-26-27-29)11-12-21(20)28-13-5-4-6-14-28/h7-12,15-16H,4-6,13-14H2,1-3H3,(H,25,30). The van der Waals surface area contributed by atoms with E-state index in [1.807, 2.05) is 42.5 Å². The number of carbonyl (C=O) groups excluding carboxylic acids is 1. The topological polar surface area (TPSA) is 75.9 Å². The molecule has 0 spiro atoms. The number of benzene rings is 2. The Kier molecular flexibility index (Phi) is 5.53. The second-order valence-corrected chi connectivity index (χ2v) is 8.79. The molecule has 30 heavy (non-hydrogen) atoms. The first-order valence-electron chi connectivity index (χ1n) is 10.5. The van der Waals surface area contributed by atoms with E-state index < -0.39 is 0 Å². The first-order chi connectivity index (χ1) is 14.4. The zero-order chi connectivity index (χ0) is 21.1. The van der Waals surface area contributed by atoms with Crippen molar-refractivity contribution in [2.75, 3.05) is 23.3 Å². The van der Waals surface area contributed by atoms with Crippen LogP contribution < -0.4 is 10.2 Å². The molecule has 0 bridgehead atoms. The lowest BCUT2D eigenvalue weighted by Crippen LogP contribution is -2.30. The van der Waals surface area contributed by atoms with Gasteiger partial charge < -0.3 is 10.2 Å². The van der Waals surface area contributed by atoms with Crippen LogP contribution in [0.25, 0.3) is 5.69 Å². The molecule has 3 aromatic rings. The molecule has 1 aromatic heterocycles. The van der Waals surface area contributed by atoms with E-state index in [-0.39, 0.29) is 11.3 Å². The number of anilines is 2. The minimum absolute atomic E-state index is 0.0522. The minimum atomic E-state index is -0.123. The monoisotopic (exact) mass is 404 g/mol. The third-order valence-corrected chi connectivity index (χ3v) is 5.55. The van der Waals surface area contributed by atoms with Crippen molar-refractivity contribution in [2.24, 2.45) is 0 Å². The van der Waals surface area contributed by atoms with Gasteiger partial charge in [-0.3, -0.25) is 4.79 Å². The fraction of sp³-hybridized carbons (Fsp3) is 0.391. The zero-order valence-electron chi connectivity index (χ0n) is 17.8. The molecule has 2 aromatic carbocycles. The predicted octanol–water partition coefficient (Wildman–Crippen LogP) is 4.20. The van der Waals surface area contributed by atoms with E-state index in [0.29, 0.717) is 5.56 Å². The summed E-state index contributed by atoms with van der Waals surface area (Å²) in [5.74, 6) is -0.123. The summed E-state index contributed by atoms with van der Waals surface area (Å²) in [6.07, 6.45) is 5.13. The van der Waals surface area contributed by atoms with Crippen LogP contribution in [0.4, 0.5) is 11.4 Å². The van der Waals surface area contributed by atoms with E-state index in [2.05, 4.69) is 46.5 Å².